The predicted octanol–water partition coefficient (Wildman–Crippen LogP) is 2.91. The fraction of sp³-hybridized carbons (Fsp3) is 0.250. The quantitative estimate of drug-likeness (QED) is 0.684. The van der Waals surface area contributed by atoms with Gasteiger partial charge in [0.15, 0.2) is 6.29 Å². The Labute approximate surface area is 82.9 Å². The molecule has 1 aromatic carbocycles. The Bertz CT molecular complexity index is 509. The van der Waals surface area contributed by atoms with Crippen molar-refractivity contribution < 1.29 is 4.79 Å². The van der Waals surface area contributed by atoms with E-state index in [-0.39, 0.29) is 0 Å². The van der Waals surface area contributed by atoms with Crippen molar-refractivity contribution in [2.45, 2.75) is 20.8 Å². The summed E-state index contributed by atoms with van der Waals surface area (Å²) in [5, 5.41) is 1.16. The lowest BCUT2D eigenvalue weighted by Crippen LogP contribution is -1.84. The minimum atomic E-state index is 0.746. The Kier molecular flexibility index (Phi) is 1.92. The lowest BCUT2D eigenvalue weighted by atomic mass is 10.1. The van der Waals surface area contributed by atoms with Crippen LogP contribution in [0.2, 0.25) is 0 Å². The van der Waals surface area contributed by atoms with Gasteiger partial charge in [-0.1, -0.05) is 0 Å². The zero-order valence-corrected chi connectivity index (χ0v) is 8.64. The average Bonchev–Trinajstić information content (AvgIpc) is 2.43. The van der Waals surface area contributed by atoms with Gasteiger partial charge in [0.25, 0.3) is 0 Å². The summed E-state index contributed by atoms with van der Waals surface area (Å²) in [6.45, 7) is 6.11. The van der Waals surface area contributed by atoms with Crippen molar-refractivity contribution in [2.75, 3.05) is 0 Å². The maximum absolute atomic E-state index is 10.9. The molecular formula is C12H13NO. The zero-order chi connectivity index (χ0) is 10.3. The predicted molar refractivity (Wildman–Crippen MR) is 57.9 cm³/mol. The van der Waals surface area contributed by atoms with Gasteiger partial charge in [0.05, 0.1) is 5.52 Å². The van der Waals surface area contributed by atoms with E-state index in [1.165, 1.54) is 5.56 Å². The standard InChI is InChI=1S/C12H13NO/c1-7-4-10(6-14)12-11(5-7)8(2)9(3)13-12/h4-6,13H,1-3H3. The Balaban J connectivity index is 2.94. The van der Waals surface area contributed by atoms with E-state index in [1.54, 1.807) is 0 Å². The number of hydrogen-bond donors (Lipinski definition) is 1. The maximum Gasteiger partial charge on any atom is 0.152 e. The number of aryl methyl sites for hydroxylation is 3. The SMILES string of the molecule is Cc1cc(C=O)c2[nH]c(C)c(C)c2c1. The molecule has 0 aliphatic heterocycles. The Morgan fingerprint density at radius 2 is 1.93 bits per heavy atom. The molecule has 1 aromatic heterocycles. The van der Waals surface area contributed by atoms with Crippen LogP contribution in [0.4, 0.5) is 0 Å². The Morgan fingerprint density at radius 3 is 2.57 bits per heavy atom. The minimum Gasteiger partial charge on any atom is -0.358 e. The van der Waals surface area contributed by atoms with Gasteiger partial charge < -0.3 is 4.98 Å². The molecule has 2 heteroatoms. The summed E-state index contributed by atoms with van der Waals surface area (Å²) in [5.41, 5.74) is 5.19. The number of rotatable bonds is 1. The third-order valence-corrected chi connectivity index (χ3v) is 2.72. The first kappa shape index (κ1) is 9.00. The third kappa shape index (κ3) is 1.15. The highest BCUT2D eigenvalue weighted by Gasteiger charge is 2.08. The van der Waals surface area contributed by atoms with E-state index in [1.807, 2.05) is 19.9 Å². The summed E-state index contributed by atoms with van der Waals surface area (Å²) >= 11 is 0. The molecule has 0 aliphatic rings. The summed E-state index contributed by atoms with van der Waals surface area (Å²) in [6, 6.07) is 4.02. The summed E-state index contributed by atoms with van der Waals surface area (Å²) < 4.78 is 0. The van der Waals surface area contributed by atoms with Crippen molar-refractivity contribution in [2.24, 2.45) is 0 Å². The van der Waals surface area contributed by atoms with Gasteiger partial charge in [-0.25, -0.2) is 0 Å². The first-order chi connectivity index (χ1) is 6.63. The molecule has 0 saturated carbocycles. The van der Waals surface area contributed by atoms with Gasteiger partial charge in [-0.15, -0.1) is 0 Å². The van der Waals surface area contributed by atoms with E-state index in [9.17, 15) is 4.79 Å². The normalized spacial score (nSPS) is 10.8. The highest BCUT2D eigenvalue weighted by molar-refractivity contribution is 5.98. The Hall–Kier alpha value is -1.57. The number of H-pyrrole nitrogens is 1. The highest BCUT2D eigenvalue weighted by atomic mass is 16.1. The van der Waals surface area contributed by atoms with Crippen molar-refractivity contribution in [1.82, 2.24) is 4.98 Å². The molecule has 0 aliphatic carbocycles. The van der Waals surface area contributed by atoms with Gasteiger partial charge in [-0.05, 0) is 44.0 Å². The molecule has 2 nitrogen and oxygen atoms in total. The monoisotopic (exact) mass is 187 g/mol. The average molecular weight is 187 g/mol. The van der Waals surface area contributed by atoms with Crippen LogP contribution in [-0.4, -0.2) is 11.3 Å². The highest BCUT2D eigenvalue weighted by Crippen LogP contribution is 2.24. The first-order valence-corrected chi connectivity index (χ1v) is 4.68. The van der Waals surface area contributed by atoms with Gasteiger partial charge >= 0.3 is 0 Å². The zero-order valence-electron chi connectivity index (χ0n) is 8.64. The number of hydrogen-bond acceptors (Lipinski definition) is 1. The van der Waals surface area contributed by atoms with Crippen LogP contribution in [0.15, 0.2) is 12.1 Å². The second-order valence-electron chi connectivity index (χ2n) is 3.77. The molecule has 0 bridgehead atoms. The number of nitrogens with one attached hydrogen (secondary N) is 1. The number of carbonyl (C=O) groups excluding carboxylic acids is 1. The fourth-order valence-electron chi connectivity index (χ4n) is 1.83. The van der Waals surface area contributed by atoms with E-state index in [0.29, 0.717) is 0 Å². The van der Waals surface area contributed by atoms with Crippen LogP contribution < -0.4 is 0 Å². The van der Waals surface area contributed by atoms with Crippen LogP contribution in [0.3, 0.4) is 0 Å². The number of benzene rings is 1. The number of aldehydes is 1. The number of fused-ring (bicyclic) bond motifs is 1. The molecule has 0 spiro atoms. The third-order valence-electron chi connectivity index (χ3n) is 2.72. The second kappa shape index (κ2) is 2.98. The molecular weight excluding hydrogens is 174 g/mol. The van der Waals surface area contributed by atoms with Gasteiger partial charge in [0.1, 0.15) is 0 Å². The van der Waals surface area contributed by atoms with Crippen LogP contribution in [-0.2, 0) is 0 Å². The Morgan fingerprint density at radius 1 is 1.21 bits per heavy atom. The van der Waals surface area contributed by atoms with Crippen LogP contribution in [0.5, 0.6) is 0 Å². The molecule has 1 N–H and O–H groups in total. The van der Waals surface area contributed by atoms with Crippen LogP contribution in [0.1, 0.15) is 27.2 Å². The summed E-state index contributed by atoms with van der Waals surface area (Å²) in [4.78, 5) is 14.1. The number of aromatic nitrogens is 1. The number of carbonyl (C=O) groups is 1. The van der Waals surface area contributed by atoms with Crippen LogP contribution in [0, 0.1) is 20.8 Å². The minimum absolute atomic E-state index is 0.746. The van der Waals surface area contributed by atoms with E-state index in [2.05, 4.69) is 18.0 Å². The molecule has 2 rings (SSSR count). The smallest absolute Gasteiger partial charge is 0.152 e. The molecule has 0 amide bonds. The van der Waals surface area contributed by atoms with Gasteiger partial charge in [-0.3, -0.25) is 4.79 Å². The van der Waals surface area contributed by atoms with E-state index in [0.717, 1.165) is 34.0 Å². The molecule has 1 heterocycles. The van der Waals surface area contributed by atoms with Crippen LogP contribution in [0.25, 0.3) is 10.9 Å². The molecule has 0 radical (unpaired) electrons. The van der Waals surface area contributed by atoms with Crippen molar-refractivity contribution in [3.05, 3.63) is 34.5 Å². The molecule has 14 heavy (non-hydrogen) atoms. The summed E-state index contributed by atoms with van der Waals surface area (Å²) in [6.07, 6.45) is 0.907. The van der Waals surface area contributed by atoms with Crippen molar-refractivity contribution in [3.8, 4) is 0 Å². The molecule has 2 aromatic rings. The number of aromatic amines is 1. The van der Waals surface area contributed by atoms with Gasteiger partial charge in [0, 0.05) is 16.6 Å². The topological polar surface area (TPSA) is 32.9 Å². The van der Waals surface area contributed by atoms with Crippen molar-refractivity contribution in [1.29, 1.82) is 0 Å². The fourth-order valence-corrected chi connectivity index (χ4v) is 1.83. The van der Waals surface area contributed by atoms with Gasteiger partial charge in [0.2, 0.25) is 0 Å². The van der Waals surface area contributed by atoms with E-state index in [4.69, 9.17) is 0 Å². The van der Waals surface area contributed by atoms with Crippen molar-refractivity contribution >= 4 is 17.2 Å². The van der Waals surface area contributed by atoms with Gasteiger partial charge in [-0.2, -0.15) is 0 Å². The van der Waals surface area contributed by atoms with E-state index < -0.39 is 0 Å². The molecule has 0 unspecified atom stereocenters. The molecule has 72 valence electrons. The molecule has 0 atom stereocenters. The molecule has 0 fully saturated rings. The summed E-state index contributed by atoms with van der Waals surface area (Å²) in [5.74, 6) is 0. The van der Waals surface area contributed by atoms with Crippen LogP contribution >= 0.6 is 0 Å². The second-order valence-corrected chi connectivity index (χ2v) is 3.77. The molecule has 0 saturated heterocycles. The summed E-state index contributed by atoms with van der Waals surface area (Å²) in [7, 11) is 0. The van der Waals surface area contributed by atoms with E-state index >= 15 is 0 Å². The lowest BCUT2D eigenvalue weighted by molar-refractivity contribution is 0.112. The van der Waals surface area contributed by atoms with Crippen molar-refractivity contribution in [3.63, 3.8) is 0 Å². The maximum atomic E-state index is 10.9. The largest absolute Gasteiger partial charge is 0.358 e. The first-order valence-electron chi connectivity index (χ1n) is 4.68. The lowest BCUT2D eigenvalue weighted by Gasteiger charge is -1.98.